The second kappa shape index (κ2) is 4.64. The number of nitrogens with zero attached hydrogens (tertiary/aromatic N) is 1. The predicted octanol–water partition coefficient (Wildman–Crippen LogP) is 1.91. The number of carbonyl (C=O) groups is 1. The lowest BCUT2D eigenvalue weighted by atomic mass is 9.88. The highest BCUT2D eigenvalue weighted by molar-refractivity contribution is 5.77. The Morgan fingerprint density at radius 3 is 2.79 bits per heavy atom. The molecule has 1 amide bonds. The van der Waals surface area contributed by atoms with Gasteiger partial charge >= 0.3 is 0 Å². The van der Waals surface area contributed by atoms with Crippen LogP contribution in [0.4, 0.5) is 0 Å². The lowest BCUT2D eigenvalue weighted by Gasteiger charge is -2.47. The number of hydrogen-bond acceptors (Lipinski definition) is 2. The van der Waals surface area contributed by atoms with Crippen LogP contribution in [-0.4, -0.2) is 34.6 Å². The van der Waals surface area contributed by atoms with Crippen LogP contribution in [0.5, 0.6) is 0 Å². The zero-order valence-electron chi connectivity index (χ0n) is 11.4. The molecule has 2 aliphatic rings. The summed E-state index contributed by atoms with van der Waals surface area (Å²) in [5, 5.41) is 10.2. The van der Waals surface area contributed by atoms with Gasteiger partial charge in [-0.15, -0.1) is 0 Å². The molecule has 1 heterocycles. The Morgan fingerprint density at radius 1 is 1.42 bits per heavy atom. The summed E-state index contributed by atoms with van der Waals surface area (Å²) in [5.41, 5.74) is 1.89. The minimum Gasteiger partial charge on any atom is -0.386 e. The minimum absolute atomic E-state index is 0.173. The molecule has 0 atom stereocenters. The summed E-state index contributed by atoms with van der Waals surface area (Å²) in [6.45, 7) is 3.16. The van der Waals surface area contributed by atoms with Gasteiger partial charge in [-0.05, 0) is 37.7 Å². The molecule has 1 aliphatic heterocycles. The highest BCUT2D eigenvalue weighted by Gasteiger charge is 2.52. The molecule has 1 N–H and O–H groups in total. The molecular weight excluding hydrogens is 238 g/mol. The zero-order valence-corrected chi connectivity index (χ0v) is 11.4. The molecule has 0 unspecified atom stereocenters. The van der Waals surface area contributed by atoms with Crippen molar-refractivity contribution >= 4 is 5.91 Å². The van der Waals surface area contributed by atoms with Crippen molar-refractivity contribution in [3.05, 3.63) is 35.4 Å². The fourth-order valence-corrected chi connectivity index (χ4v) is 2.95. The Balaban J connectivity index is 1.47. The van der Waals surface area contributed by atoms with E-state index in [-0.39, 0.29) is 5.91 Å². The summed E-state index contributed by atoms with van der Waals surface area (Å²) in [5.74, 6) is 0.625. The van der Waals surface area contributed by atoms with Crippen molar-refractivity contribution in [2.45, 2.75) is 38.2 Å². The van der Waals surface area contributed by atoms with Gasteiger partial charge in [-0.1, -0.05) is 29.8 Å². The average Bonchev–Trinajstić information content (AvgIpc) is 3.16. The van der Waals surface area contributed by atoms with Gasteiger partial charge in [0.2, 0.25) is 5.91 Å². The van der Waals surface area contributed by atoms with Crippen molar-refractivity contribution in [2.24, 2.45) is 5.92 Å². The molecule has 0 radical (unpaired) electrons. The molecule has 1 saturated heterocycles. The number of aliphatic hydroxyl groups is 1. The number of aryl methyl sites for hydroxylation is 2. The number of benzene rings is 1. The number of β-amino-alcohol motifs (C(OH)–C–C–N with tert-alkyl or cyclic N) is 1. The molecule has 0 spiro atoms. The third kappa shape index (κ3) is 2.66. The lowest BCUT2D eigenvalue weighted by Crippen LogP contribution is -2.64. The van der Waals surface area contributed by atoms with E-state index in [1.165, 1.54) is 11.1 Å². The first-order chi connectivity index (χ1) is 9.07. The van der Waals surface area contributed by atoms with Gasteiger partial charge in [-0.3, -0.25) is 4.79 Å². The molecule has 0 bridgehead atoms. The number of rotatable bonds is 4. The highest BCUT2D eigenvalue weighted by Crippen LogP contribution is 2.44. The maximum Gasteiger partial charge on any atom is 0.223 e. The topological polar surface area (TPSA) is 40.5 Å². The van der Waals surface area contributed by atoms with Crippen LogP contribution in [0.15, 0.2) is 24.3 Å². The summed E-state index contributed by atoms with van der Waals surface area (Å²) in [7, 11) is 0. The van der Waals surface area contributed by atoms with Crippen molar-refractivity contribution in [1.82, 2.24) is 4.90 Å². The Labute approximate surface area is 114 Å². The molecule has 102 valence electrons. The van der Waals surface area contributed by atoms with E-state index in [0.29, 0.717) is 25.4 Å². The van der Waals surface area contributed by atoms with Gasteiger partial charge < -0.3 is 10.0 Å². The summed E-state index contributed by atoms with van der Waals surface area (Å²) >= 11 is 0. The van der Waals surface area contributed by atoms with E-state index in [9.17, 15) is 9.90 Å². The van der Waals surface area contributed by atoms with Gasteiger partial charge in [0.15, 0.2) is 0 Å². The molecule has 1 saturated carbocycles. The van der Waals surface area contributed by atoms with Crippen LogP contribution in [0, 0.1) is 12.8 Å². The van der Waals surface area contributed by atoms with Crippen LogP contribution >= 0.6 is 0 Å². The SMILES string of the molecule is Cc1cccc(CCC(=O)N2CC(O)(C3CC3)C2)c1. The zero-order chi connectivity index (χ0) is 13.5. The Morgan fingerprint density at radius 2 is 2.16 bits per heavy atom. The van der Waals surface area contributed by atoms with Gasteiger partial charge in [-0.25, -0.2) is 0 Å². The monoisotopic (exact) mass is 259 g/mol. The smallest absolute Gasteiger partial charge is 0.223 e. The van der Waals surface area contributed by atoms with E-state index >= 15 is 0 Å². The van der Waals surface area contributed by atoms with Crippen LogP contribution in [0.2, 0.25) is 0 Å². The summed E-state index contributed by atoms with van der Waals surface area (Å²) in [6.07, 6.45) is 3.59. The van der Waals surface area contributed by atoms with Gasteiger partial charge in [0.1, 0.15) is 5.60 Å². The normalized spacial score (nSPS) is 21.1. The van der Waals surface area contributed by atoms with Gasteiger partial charge in [-0.2, -0.15) is 0 Å². The minimum atomic E-state index is -0.557. The lowest BCUT2D eigenvalue weighted by molar-refractivity contribution is -0.159. The van der Waals surface area contributed by atoms with Crippen LogP contribution in [0.1, 0.15) is 30.4 Å². The van der Waals surface area contributed by atoms with Gasteiger partial charge in [0.05, 0.1) is 13.1 Å². The fourth-order valence-electron chi connectivity index (χ4n) is 2.95. The molecule has 2 fully saturated rings. The Hall–Kier alpha value is -1.35. The quantitative estimate of drug-likeness (QED) is 0.897. The molecule has 19 heavy (non-hydrogen) atoms. The molecule has 1 aliphatic carbocycles. The largest absolute Gasteiger partial charge is 0.386 e. The van der Waals surface area contributed by atoms with Crippen LogP contribution in [-0.2, 0) is 11.2 Å². The standard InChI is InChI=1S/C16H21NO2/c1-12-3-2-4-13(9-12)5-8-15(18)17-10-16(19,11-17)14-6-7-14/h2-4,9,14,19H,5-8,10-11H2,1H3. The van der Waals surface area contributed by atoms with Crippen molar-refractivity contribution in [3.8, 4) is 0 Å². The predicted molar refractivity (Wildman–Crippen MR) is 73.8 cm³/mol. The molecule has 3 heteroatoms. The third-order valence-electron chi connectivity index (χ3n) is 4.33. The maximum absolute atomic E-state index is 12.0. The Kier molecular flexibility index (Phi) is 3.09. The average molecular weight is 259 g/mol. The third-order valence-corrected chi connectivity index (χ3v) is 4.33. The summed E-state index contributed by atoms with van der Waals surface area (Å²) < 4.78 is 0. The van der Waals surface area contributed by atoms with E-state index in [2.05, 4.69) is 25.1 Å². The van der Waals surface area contributed by atoms with E-state index < -0.39 is 5.60 Å². The number of amides is 1. The van der Waals surface area contributed by atoms with Crippen molar-refractivity contribution in [1.29, 1.82) is 0 Å². The molecule has 3 nitrogen and oxygen atoms in total. The first-order valence-electron chi connectivity index (χ1n) is 7.12. The van der Waals surface area contributed by atoms with Crippen LogP contribution in [0.3, 0.4) is 0 Å². The van der Waals surface area contributed by atoms with E-state index in [1.807, 2.05) is 6.07 Å². The number of carbonyl (C=O) groups excluding carboxylic acids is 1. The molecular formula is C16H21NO2. The molecule has 1 aromatic rings. The highest BCUT2D eigenvalue weighted by atomic mass is 16.3. The van der Waals surface area contributed by atoms with Crippen molar-refractivity contribution in [2.75, 3.05) is 13.1 Å². The second-order valence-electron chi connectivity index (χ2n) is 6.12. The van der Waals surface area contributed by atoms with Crippen LogP contribution < -0.4 is 0 Å². The second-order valence-corrected chi connectivity index (χ2v) is 6.12. The number of hydrogen-bond donors (Lipinski definition) is 1. The molecule has 0 aromatic heterocycles. The first-order valence-corrected chi connectivity index (χ1v) is 7.12. The summed E-state index contributed by atoms with van der Waals surface area (Å²) in [6, 6.07) is 8.29. The molecule has 3 rings (SSSR count). The molecule has 1 aromatic carbocycles. The first kappa shape index (κ1) is 12.7. The van der Waals surface area contributed by atoms with Crippen molar-refractivity contribution in [3.63, 3.8) is 0 Å². The van der Waals surface area contributed by atoms with E-state index in [4.69, 9.17) is 0 Å². The Bertz CT molecular complexity index is 487. The maximum atomic E-state index is 12.0. The van der Waals surface area contributed by atoms with E-state index in [0.717, 1.165) is 19.3 Å². The van der Waals surface area contributed by atoms with E-state index in [1.54, 1.807) is 4.90 Å². The fraction of sp³-hybridized carbons (Fsp3) is 0.562. The summed E-state index contributed by atoms with van der Waals surface area (Å²) in [4.78, 5) is 13.8. The number of likely N-dealkylation sites (tertiary alicyclic amines) is 1. The van der Waals surface area contributed by atoms with Gasteiger partial charge in [0.25, 0.3) is 0 Å². The van der Waals surface area contributed by atoms with Crippen molar-refractivity contribution < 1.29 is 9.90 Å². The van der Waals surface area contributed by atoms with Gasteiger partial charge in [0, 0.05) is 6.42 Å². The van der Waals surface area contributed by atoms with Crippen LogP contribution in [0.25, 0.3) is 0 Å².